The molecule has 0 aliphatic heterocycles. The minimum atomic E-state index is -0.444. The monoisotopic (exact) mass is 395 g/mol. The number of carbonyl (C=O) groups is 1. The van der Waals surface area contributed by atoms with E-state index in [0.29, 0.717) is 29.6 Å². The Balaban J connectivity index is 2.32. The van der Waals surface area contributed by atoms with Gasteiger partial charge in [0.05, 0.1) is 19.3 Å². The van der Waals surface area contributed by atoms with E-state index in [2.05, 4.69) is 21.4 Å². The van der Waals surface area contributed by atoms with E-state index in [-0.39, 0.29) is 11.5 Å². The predicted octanol–water partition coefficient (Wildman–Crippen LogP) is 4.00. The van der Waals surface area contributed by atoms with E-state index >= 15 is 0 Å². The van der Waals surface area contributed by atoms with E-state index in [1.165, 1.54) is 25.3 Å². The molecule has 0 radical (unpaired) electrons. The van der Waals surface area contributed by atoms with Crippen LogP contribution in [0.1, 0.15) is 34.0 Å². The molecule has 0 heterocycles. The number of hydrogen-bond acceptors (Lipinski definition) is 4. The lowest BCUT2D eigenvalue weighted by molar-refractivity contribution is 0.0313. The molecule has 2 rings (SSSR count). The quantitative estimate of drug-likeness (QED) is 0.317. The molecule has 0 spiro atoms. The average Bonchev–Trinajstić information content (AvgIpc) is 2.61. The minimum absolute atomic E-state index is 0.208. The Bertz CT molecular complexity index is 721. The summed E-state index contributed by atoms with van der Waals surface area (Å²) in [6.45, 7) is 3.07. The highest BCUT2D eigenvalue weighted by Crippen LogP contribution is 2.25. The van der Waals surface area contributed by atoms with Crippen LogP contribution in [-0.4, -0.2) is 19.4 Å². The summed E-state index contributed by atoms with van der Waals surface area (Å²) in [5, 5.41) is 0.520. The lowest BCUT2D eigenvalue weighted by Crippen LogP contribution is -2.13. The third-order valence-electron chi connectivity index (χ3n) is 3.45. The van der Waals surface area contributed by atoms with Gasteiger partial charge < -0.3 is 4.74 Å². The van der Waals surface area contributed by atoms with Gasteiger partial charge in [-0.1, -0.05) is 41.1 Å². The third-order valence-corrected chi connectivity index (χ3v) is 4.06. The Morgan fingerprint density at radius 3 is 2.62 bits per heavy atom. The smallest absolute Gasteiger partial charge is 0.197 e. The molecule has 0 unspecified atom stereocenters. The van der Waals surface area contributed by atoms with Gasteiger partial charge in [-0.3, -0.25) is 9.63 Å². The summed E-state index contributed by atoms with van der Waals surface area (Å²) in [5.74, 6) is -0.430. The molecule has 0 saturated heterocycles. The van der Waals surface area contributed by atoms with Crippen molar-refractivity contribution in [3.63, 3.8) is 0 Å². The number of benzene rings is 2. The Morgan fingerprint density at radius 2 is 1.96 bits per heavy atom. The van der Waals surface area contributed by atoms with Crippen molar-refractivity contribution in [3.05, 3.63) is 64.5 Å². The van der Waals surface area contributed by atoms with Crippen LogP contribution in [0.4, 0.5) is 4.39 Å². The molecule has 0 fully saturated rings. The number of nitrogens with one attached hydrogen (secondary N) is 1. The number of carbonyl (C=O) groups excluding carboxylic acids is 1. The molecule has 6 heteroatoms. The van der Waals surface area contributed by atoms with Crippen molar-refractivity contribution in [2.75, 3.05) is 13.7 Å². The third kappa shape index (κ3) is 4.41. The zero-order chi connectivity index (χ0) is 17.5. The fourth-order valence-corrected chi connectivity index (χ4v) is 2.77. The Hall–Kier alpha value is -1.76. The summed E-state index contributed by atoms with van der Waals surface area (Å²) in [7, 11) is 1.41. The molecule has 2 aromatic rings. The fraction of sp³-hybridized carbons (Fsp3) is 0.278. The average molecular weight is 396 g/mol. The number of halogens is 2. The predicted molar refractivity (Wildman–Crippen MR) is 93.9 cm³/mol. The number of hydrogen-bond donors (Lipinski definition) is 1. The molecule has 0 saturated carbocycles. The van der Waals surface area contributed by atoms with Crippen molar-refractivity contribution in [1.82, 2.24) is 5.48 Å². The molecule has 0 aliphatic carbocycles. The molecule has 0 bridgehead atoms. The van der Waals surface area contributed by atoms with Gasteiger partial charge in [0, 0.05) is 23.5 Å². The van der Waals surface area contributed by atoms with Gasteiger partial charge in [-0.25, -0.2) is 9.87 Å². The fourth-order valence-electron chi connectivity index (χ4n) is 2.30. The van der Waals surface area contributed by atoms with Crippen molar-refractivity contribution in [3.8, 4) is 5.75 Å². The maximum atomic E-state index is 13.3. The van der Waals surface area contributed by atoms with Crippen molar-refractivity contribution < 1.29 is 18.8 Å². The standard InChI is InChI=1S/C18H19BrFNO3/c1-3-21-24-11-12-4-6-15(13(8-12)10-19)18(22)16-7-5-14(20)9-17(16)23-2/h4-9,21H,3,10-11H2,1-2H3. The van der Waals surface area contributed by atoms with E-state index in [1.807, 2.05) is 19.1 Å². The minimum Gasteiger partial charge on any atom is -0.496 e. The molecule has 128 valence electrons. The van der Waals surface area contributed by atoms with Crippen molar-refractivity contribution in [2.24, 2.45) is 0 Å². The second kappa shape index (κ2) is 8.92. The molecule has 0 atom stereocenters. The largest absolute Gasteiger partial charge is 0.496 e. The summed E-state index contributed by atoms with van der Waals surface area (Å²) in [6.07, 6.45) is 0. The van der Waals surface area contributed by atoms with Crippen molar-refractivity contribution in [1.29, 1.82) is 0 Å². The Kier molecular flexibility index (Phi) is 6.90. The van der Waals surface area contributed by atoms with E-state index in [4.69, 9.17) is 9.57 Å². The Morgan fingerprint density at radius 1 is 1.21 bits per heavy atom. The molecule has 0 amide bonds. The first-order valence-electron chi connectivity index (χ1n) is 7.51. The maximum Gasteiger partial charge on any atom is 0.197 e. The van der Waals surface area contributed by atoms with Crippen LogP contribution >= 0.6 is 15.9 Å². The highest BCUT2D eigenvalue weighted by Gasteiger charge is 2.18. The molecule has 1 N–H and O–H groups in total. The summed E-state index contributed by atoms with van der Waals surface area (Å²) >= 11 is 3.41. The first kappa shape index (κ1) is 18.6. The summed E-state index contributed by atoms with van der Waals surface area (Å²) < 4.78 is 18.5. The van der Waals surface area contributed by atoms with Crippen LogP contribution in [0.15, 0.2) is 36.4 Å². The number of rotatable bonds is 8. The number of hydroxylamine groups is 1. The number of ether oxygens (including phenoxy) is 1. The van der Waals surface area contributed by atoms with Gasteiger partial charge in [-0.2, -0.15) is 0 Å². The number of ketones is 1. The van der Waals surface area contributed by atoms with Gasteiger partial charge >= 0.3 is 0 Å². The van der Waals surface area contributed by atoms with Crippen LogP contribution in [0, 0.1) is 5.82 Å². The van der Waals surface area contributed by atoms with Gasteiger partial charge in [0.15, 0.2) is 5.78 Å². The highest BCUT2D eigenvalue weighted by molar-refractivity contribution is 9.08. The molecule has 2 aromatic carbocycles. The van der Waals surface area contributed by atoms with E-state index < -0.39 is 5.82 Å². The first-order valence-corrected chi connectivity index (χ1v) is 8.63. The van der Waals surface area contributed by atoms with Crippen molar-refractivity contribution >= 4 is 21.7 Å². The van der Waals surface area contributed by atoms with Gasteiger partial charge in [0.1, 0.15) is 11.6 Å². The Labute approximate surface area is 149 Å². The molecule has 24 heavy (non-hydrogen) atoms. The summed E-state index contributed by atoms with van der Waals surface area (Å²) in [5.41, 5.74) is 5.45. The number of alkyl halides is 1. The highest BCUT2D eigenvalue weighted by atomic mass is 79.9. The van der Waals surface area contributed by atoms with E-state index in [9.17, 15) is 9.18 Å². The van der Waals surface area contributed by atoms with Crippen LogP contribution < -0.4 is 10.2 Å². The molecule has 4 nitrogen and oxygen atoms in total. The molecular weight excluding hydrogens is 377 g/mol. The zero-order valence-corrected chi connectivity index (χ0v) is 15.2. The molecule has 0 aliphatic rings. The van der Waals surface area contributed by atoms with E-state index in [0.717, 1.165) is 11.1 Å². The first-order chi connectivity index (χ1) is 11.6. The molecular formula is C18H19BrFNO3. The SMILES string of the molecule is CCNOCc1ccc(C(=O)c2ccc(F)cc2OC)c(CBr)c1. The lowest BCUT2D eigenvalue weighted by atomic mass is 9.97. The topological polar surface area (TPSA) is 47.6 Å². The second-order valence-corrected chi connectivity index (χ2v) is 5.65. The second-order valence-electron chi connectivity index (χ2n) is 5.09. The zero-order valence-electron chi connectivity index (χ0n) is 13.6. The normalized spacial score (nSPS) is 10.7. The van der Waals surface area contributed by atoms with Crippen LogP contribution in [-0.2, 0) is 16.8 Å². The maximum absolute atomic E-state index is 13.3. The molecule has 0 aromatic heterocycles. The van der Waals surface area contributed by atoms with E-state index in [1.54, 1.807) is 6.07 Å². The lowest BCUT2D eigenvalue weighted by Gasteiger charge is -2.12. The summed E-state index contributed by atoms with van der Waals surface area (Å²) in [6, 6.07) is 9.41. The van der Waals surface area contributed by atoms with Crippen LogP contribution in [0.5, 0.6) is 5.75 Å². The van der Waals surface area contributed by atoms with Gasteiger partial charge in [-0.05, 0) is 23.3 Å². The summed E-state index contributed by atoms with van der Waals surface area (Å²) in [4.78, 5) is 18.1. The van der Waals surface area contributed by atoms with Crippen LogP contribution in [0.25, 0.3) is 0 Å². The van der Waals surface area contributed by atoms with Gasteiger partial charge in [0.25, 0.3) is 0 Å². The number of methoxy groups -OCH3 is 1. The van der Waals surface area contributed by atoms with Crippen LogP contribution in [0.2, 0.25) is 0 Å². The van der Waals surface area contributed by atoms with Crippen molar-refractivity contribution in [2.45, 2.75) is 18.9 Å². The van der Waals surface area contributed by atoms with Gasteiger partial charge in [-0.15, -0.1) is 0 Å². The van der Waals surface area contributed by atoms with Crippen LogP contribution in [0.3, 0.4) is 0 Å². The van der Waals surface area contributed by atoms with Gasteiger partial charge in [0.2, 0.25) is 0 Å².